The third-order valence-electron chi connectivity index (χ3n) is 5.05. The molecule has 1 heterocycles. The summed E-state index contributed by atoms with van der Waals surface area (Å²) in [5, 5.41) is 0. The second-order valence-electron chi connectivity index (χ2n) is 6.64. The summed E-state index contributed by atoms with van der Waals surface area (Å²) < 4.78 is 39.3. The maximum Gasteiger partial charge on any atom is 0.417 e. The normalized spacial score (nSPS) is 19.3. The molecule has 2 aliphatic rings. The molecule has 2 amide bonds. The van der Waals surface area contributed by atoms with Crippen LogP contribution in [0, 0.1) is 5.92 Å². The van der Waals surface area contributed by atoms with Crippen LogP contribution >= 0.6 is 0 Å². The van der Waals surface area contributed by atoms with E-state index in [1.165, 1.54) is 23.1 Å². The van der Waals surface area contributed by atoms with Crippen LogP contribution in [0.5, 0.6) is 0 Å². The van der Waals surface area contributed by atoms with Crippen molar-refractivity contribution < 1.29 is 22.8 Å². The second-order valence-corrected chi connectivity index (χ2v) is 6.64. The minimum absolute atomic E-state index is 0.0770. The molecule has 0 atom stereocenters. The summed E-state index contributed by atoms with van der Waals surface area (Å²) in [6.45, 7) is 1.30. The Bertz CT molecular complexity index is 646. The van der Waals surface area contributed by atoms with Crippen molar-refractivity contribution in [2.75, 3.05) is 26.2 Å². The summed E-state index contributed by atoms with van der Waals surface area (Å²) in [7, 11) is 0. The Morgan fingerprint density at radius 1 is 0.920 bits per heavy atom. The van der Waals surface area contributed by atoms with Crippen LogP contribution in [-0.4, -0.2) is 47.8 Å². The number of carbonyl (C=O) groups excluding carboxylic acids is 2. The van der Waals surface area contributed by atoms with Crippen molar-refractivity contribution in [2.45, 2.75) is 31.9 Å². The molecule has 0 aromatic heterocycles. The Balaban J connectivity index is 1.65. The zero-order valence-electron chi connectivity index (χ0n) is 13.9. The molecule has 4 nitrogen and oxygen atoms in total. The number of hydrogen-bond acceptors (Lipinski definition) is 2. The van der Waals surface area contributed by atoms with Gasteiger partial charge in [0, 0.05) is 32.1 Å². The van der Waals surface area contributed by atoms with Crippen molar-refractivity contribution in [2.24, 2.45) is 5.92 Å². The number of hydrogen-bond donors (Lipinski definition) is 0. The predicted octanol–water partition coefficient (Wildman–Crippen LogP) is 3.18. The summed E-state index contributed by atoms with van der Waals surface area (Å²) >= 11 is 0. The van der Waals surface area contributed by atoms with Gasteiger partial charge < -0.3 is 9.80 Å². The first-order valence-corrected chi connectivity index (χ1v) is 8.62. The molecule has 0 N–H and O–H groups in total. The molecule has 0 radical (unpaired) electrons. The fourth-order valence-corrected chi connectivity index (χ4v) is 3.65. The van der Waals surface area contributed by atoms with Gasteiger partial charge in [-0.15, -0.1) is 0 Å². The molecular formula is C18H21F3N2O2. The highest BCUT2D eigenvalue weighted by molar-refractivity contribution is 5.96. The molecule has 2 fully saturated rings. The molecule has 25 heavy (non-hydrogen) atoms. The van der Waals surface area contributed by atoms with Gasteiger partial charge in [0.25, 0.3) is 5.91 Å². The number of benzene rings is 1. The largest absolute Gasteiger partial charge is 0.417 e. The van der Waals surface area contributed by atoms with Gasteiger partial charge in [0.2, 0.25) is 5.91 Å². The van der Waals surface area contributed by atoms with Crippen LogP contribution in [0.2, 0.25) is 0 Å². The molecule has 1 aromatic carbocycles. The molecule has 0 spiro atoms. The van der Waals surface area contributed by atoms with Crippen LogP contribution < -0.4 is 0 Å². The van der Waals surface area contributed by atoms with Gasteiger partial charge in [-0.05, 0) is 25.0 Å². The number of piperazine rings is 1. The lowest BCUT2D eigenvalue weighted by atomic mass is 10.0. The zero-order valence-corrected chi connectivity index (χ0v) is 13.9. The molecule has 1 aliphatic heterocycles. The Labute approximate surface area is 144 Å². The summed E-state index contributed by atoms with van der Waals surface area (Å²) in [6.07, 6.45) is -0.591. The van der Waals surface area contributed by atoms with Crippen LogP contribution in [0.1, 0.15) is 41.6 Å². The van der Waals surface area contributed by atoms with E-state index in [4.69, 9.17) is 0 Å². The fourth-order valence-electron chi connectivity index (χ4n) is 3.65. The van der Waals surface area contributed by atoms with Gasteiger partial charge >= 0.3 is 6.18 Å². The Hall–Kier alpha value is -2.05. The van der Waals surface area contributed by atoms with E-state index in [1.54, 1.807) is 4.90 Å². The average Bonchev–Trinajstić information content (AvgIpc) is 3.14. The smallest absolute Gasteiger partial charge is 0.339 e. The Kier molecular flexibility index (Phi) is 5.01. The highest BCUT2D eigenvalue weighted by Gasteiger charge is 2.37. The van der Waals surface area contributed by atoms with Gasteiger partial charge in [0.15, 0.2) is 0 Å². The lowest BCUT2D eigenvalue weighted by Gasteiger charge is -2.36. The predicted molar refractivity (Wildman–Crippen MR) is 85.9 cm³/mol. The van der Waals surface area contributed by atoms with Crippen molar-refractivity contribution in [3.8, 4) is 0 Å². The van der Waals surface area contributed by atoms with Crippen LogP contribution in [-0.2, 0) is 11.0 Å². The summed E-state index contributed by atoms with van der Waals surface area (Å²) in [4.78, 5) is 28.1. The average molecular weight is 354 g/mol. The van der Waals surface area contributed by atoms with Gasteiger partial charge in [-0.2, -0.15) is 13.2 Å². The first-order chi connectivity index (χ1) is 11.9. The number of halogens is 3. The molecule has 1 saturated carbocycles. The highest BCUT2D eigenvalue weighted by Crippen LogP contribution is 2.32. The second kappa shape index (κ2) is 7.06. The summed E-state index contributed by atoms with van der Waals surface area (Å²) in [5.74, 6) is -0.422. The van der Waals surface area contributed by atoms with Crippen molar-refractivity contribution in [1.82, 2.24) is 9.80 Å². The van der Waals surface area contributed by atoms with Gasteiger partial charge in [-0.1, -0.05) is 25.0 Å². The number of alkyl halides is 3. The standard InChI is InChI=1S/C18H21F3N2O2/c19-18(20,21)15-8-4-3-7-14(15)17(25)23-11-9-22(10-12-23)16(24)13-5-1-2-6-13/h3-4,7-8,13H,1-2,5-6,9-12H2. The van der Waals surface area contributed by atoms with Crippen LogP contribution in [0.15, 0.2) is 24.3 Å². The van der Waals surface area contributed by atoms with E-state index in [0.29, 0.717) is 13.1 Å². The third-order valence-corrected chi connectivity index (χ3v) is 5.05. The Morgan fingerprint density at radius 2 is 1.48 bits per heavy atom. The van der Waals surface area contributed by atoms with E-state index in [-0.39, 0.29) is 30.5 Å². The maximum atomic E-state index is 13.1. The molecular weight excluding hydrogens is 333 g/mol. The number of nitrogens with zero attached hydrogens (tertiary/aromatic N) is 2. The van der Waals surface area contributed by atoms with E-state index < -0.39 is 17.6 Å². The minimum Gasteiger partial charge on any atom is -0.339 e. The van der Waals surface area contributed by atoms with E-state index in [2.05, 4.69) is 0 Å². The van der Waals surface area contributed by atoms with Crippen molar-refractivity contribution >= 4 is 11.8 Å². The molecule has 3 rings (SSSR count). The maximum absolute atomic E-state index is 13.1. The quantitative estimate of drug-likeness (QED) is 0.818. The molecule has 0 unspecified atom stereocenters. The Morgan fingerprint density at radius 3 is 2.08 bits per heavy atom. The van der Waals surface area contributed by atoms with Crippen LogP contribution in [0.3, 0.4) is 0 Å². The fraction of sp³-hybridized carbons (Fsp3) is 0.556. The third kappa shape index (κ3) is 3.80. The van der Waals surface area contributed by atoms with Crippen LogP contribution in [0.25, 0.3) is 0 Å². The highest BCUT2D eigenvalue weighted by atomic mass is 19.4. The molecule has 1 saturated heterocycles. The van der Waals surface area contributed by atoms with Crippen LogP contribution in [0.4, 0.5) is 13.2 Å². The molecule has 1 aromatic rings. The lowest BCUT2D eigenvalue weighted by Crippen LogP contribution is -2.52. The minimum atomic E-state index is -4.56. The topological polar surface area (TPSA) is 40.6 Å². The number of amides is 2. The molecule has 0 bridgehead atoms. The summed E-state index contributed by atoms with van der Waals surface area (Å²) in [5.41, 5.74) is -1.24. The molecule has 1 aliphatic carbocycles. The van der Waals surface area contributed by atoms with Crippen molar-refractivity contribution in [3.63, 3.8) is 0 Å². The van der Waals surface area contributed by atoms with Gasteiger partial charge in [-0.3, -0.25) is 9.59 Å². The van der Waals surface area contributed by atoms with E-state index in [9.17, 15) is 22.8 Å². The SMILES string of the molecule is O=C(c1ccccc1C(F)(F)F)N1CCN(C(=O)C2CCCC2)CC1. The van der Waals surface area contributed by atoms with Crippen molar-refractivity contribution in [3.05, 3.63) is 35.4 Å². The first kappa shape index (κ1) is 17.8. The lowest BCUT2D eigenvalue weighted by molar-refractivity contribution is -0.138. The van der Waals surface area contributed by atoms with Gasteiger partial charge in [-0.25, -0.2) is 0 Å². The van der Waals surface area contributed by atoms with Gasteiger partial charge in [0.05, 0.1) is 11.1 Å². The summed E-state index contributed by atoms with van der Waals surface area (Å²) in [6, 6.07) is 4.84. The number of rotatable bonds is 2. The van der Waals surface area contributed by atoms with Crippen molar-refractivity contribution in [1.29, 1.82) is 0 Å². The zero-order chi connectivity index (χ0) is 18.0. The molecule has 7 heteroatoms. The van der Waals surface area contributed by atoms with E-state index in [0.717, 1.165) is 31.7 Å². The number of carbonyl (C=O) groups is 2. The molecule has 136 valence electrons. The van der Waals surface area contributed by atoms with E-state index in [1.807, 2.05) is 0 Å². The monoisotopic (exact) mass is 354 g/mol. The first-order valence-electron chi connectivity index (χ1n) is 8.62. The van der Waals surface area contributed by atoms with E-state index >= 15 is 0 Å². The van der Waals surface area contributed by atoms with Gasteiger partial charge in [0.1, 0.15) is 0 Å².